The van der Waals surface area contributed by atoms with Gasteiger partial charge in [-0.3, -0.25) is 19.1 Å². The second kappa shape index (κ2) is 6.12. The van der Waals surface area contributed by atoms with E-state index in [2.05, 4.69) is 10.3 Å². The van der Waals surface area contributed by atoms with E-state index in [4.69, 9.17) is 5.73 Å². The smallest absolute Gasteiger partial charge is 0.273 e. The fraction of sp³-hybridized carbons (Fsp3) is 0.214. The van der Waals surface area contributed by atoms with E-state index in [0.717, 1.165) is 0 Å². The lowest BCUT2D eigenvalue weighted by Crippen LogP contribution is -2.37. The van der Waals surface area contributed by atoms with Crippen LogP contribution in [0.5, 0.6) is 0 Å². The van der Waals surface area contributed by atoms with Crippen LogP contribution in [0.3, 0.4) is 0 Å². The van der Waals surface area contributed by atoms with Crippen molar-refractivity contribution in [1.29, 1.82) is 0 Å². The van der Waals surface area contributed by atoms with Gasteiger partial charge in [0.15, 0.2) is 0 Å². The maximum absolute atomic E-state index is 11.9. The third kappa shape index (κ3) is 3.10. The van der Waals surface area contributed by atoms with Gasteiger partial charge >= 0.3 is 0 Å². The molecule has 2 rings (SSSR count). The van der Waals surface area contributed by atoms with E-state index >= 15 is 0 Å². The molecule has 2 aromatic rings. The van der Waals surface area contributed by atoms with Crippen molar-refractivity contribution in [2.45, 2.75) is 13.0 Å². The topological polar surface area (TPSA) is 90.0 Å². The second-order valence-corrected chi connectivity index (χ2v) is 4.44. The zero-order valence-electron chi connectivity index (χ0n) is 11.1. The van der Waals surface area contributed by atoms with Gasteiger partial charge in [0, 0.05) is 36.2 Å². The highest BCUT2D eigenvalue weighted by Crippen LogP contribution is 2.07. The van der Waals surface area contributed by atoms with Crippen LogP contribution in [-0.2, 0) is 0 Å². The maximum atomic E-state index is 11.9. The Morgan fingerprint density at radius 3 is 2.70 bits per heavy atom. The molecule has 0 saturated heterocycles. The highest BCUT2D eigenvalue weighted by atomic mass is 16.1. The van der Waals surface area contributed by atoms with Gasteiger partial charge in [0.1, 0.15) is 0 Å². The van der Waals surface area contributed by atoms with Crippen LogP contribution < -0.4 is 16.6 Å². The number of carbonyl (C=O) groups is 1. The first kappa shape index (κ1) is 14.0. The molecule has 104 valence electrons. The van der Waals surface area contributed by atoms with Gasteiger partial charge in [-0.1, -0.05) is 0 Å². The summed E-state index contributed by atoms with van der Waals surface area (Å²) >= 11 is 0. The van der Waals surface area contributed by atoms with Crippen molar-refractivity contribution in [1.82, 2.24) is 14.9 Å². The molecular weight excluding hydrogens is 256 g/mol. The summed E-state index contributed by atoms with van der Waals surface area (Å²) in [7, 11) is 0. The molecule has 0 radical (unpaired) electrons. The fourth-order valence-electron chi connectivity index (χ4n) is 1.70. The molecule has 6 heteroatoms. The summed E-state index contributed by atoms with van der Waals surface area (Å²) < 4.78 is 1.46. The van der Waals surface area contributed by atoms with Crippen molar-refractivity contribution < 1.29 is 4.79 Å². The number of benzene rings is 1. The highest BCUT2D eigenvalue weighted by molar-refractivity contribution is 5.94. The molecule has 1 heterocycles. The molecule has 1 aromatic carbocycles. The minimum atomic E-state index is -0.221. The molecular formula is C14H16N4O2. The molecule has 1 unspecified atom stereocenters. The Morgan fingerprint density at radius 1 is 1.40 bits per heavy atom. The van der Waals surface area contributed by atoms with Crippen LogP contribution in [0.15, 0.2) is 47.7 Å². The largest absolute Gasteiger partial charge is 0.348 e. The predicted octanol–water partition coefficient (Wildman–Crippen LogP) is 0.309. The highest BCUT2D eigenvalue weighted by Gasteiger charge is 2.08. The summed E-state index contributed by atoms with van der Waals surface area (Å²) in [4.78, 5) is 27.3. The molecule has 1 atom stereocenters. The van der Waals surface area contributed by atoms with Gasteiger partial charge in [0.25, 0.3) is 11.5 Å². The Balaban J connectivity index is 2.21. The monoisotopic (exact) mass is 272 g/mol. The van der Waals surface area contributed by atoms with Gasteiger partial charge in [0.05, 0.1) is 6.20 Å². The maximum Gasteiger partial charge on any atom is 0.273 e. The van der Waals surface area contributed by atoms with E-state index in [1.54, 1.807) is 30.5 Å². The number of aromatic nitrogens is 2. The summed E-state index contributed by atoms with van der Waals surface area (Å²) in [6.45, 7) is 2.22. The van der Waals surface area contributed by atoms with Gasteiger partial charge in [-0.15, -0.1) is 0 Å². The standard InChI is InChI=1S/C14H16N4O2/c1-10(8-15)17-14(20)11-2-4-12(5-3-11)18-7-6-16-9-13(18)19/h2-7,9-10H,8,15H2,1H3,(H,17,20). The van der Waals surface area contributed by atoms with Crippen LogP contribution >= 0.6 is 0 Å². The molecule has 0 aliphatic carbocycles. The molecule has 20 heavy (non-hydrogen) atoms. The van der Waals surface area contributed by atoms with Crippen LogP contribution in [-0.4, -0.2) is 28.0 Å². The minimum Gasteiger partial charge on any atom is -0.348 e. The van der Waals surface area contributed by atoms with Gasteiger partial charge in [0.2, 0.25) is 0 Å². The molecule has 0 aliphatic heterocycles. The van der Waals surface area contributed by atoms with Gasteiger partial charge in [-0.25, -0.2) is 0 Å². The summed E-state index contributed by atoms with van der Waals surface area (Å²) in [5.41, 5.74) is 6.44. The van der Waals surface area contributed by atoms with E-state index in [1.807, 2.05) is 6.92 Å². The first-order valence-corrected chi connectivity index (χ1v) is 6.26. The molecule has 0 fully saturated rings. The lowest BCUT2D eigenvalue weighted by atomic mass is 10.2. The van der Waals surface area contributed by atoms with Gasteiger partial charge in [-0.05, 0) is 31.2 Å². The molecule has 3 N–H and O–H groups in total. The molecule has 0 saturated carbocycles. The van der Waals surface area contributed by atoms with Crippen molar-refractivity contribution in [3.8, 4) is 5.69 Å². The zero-order chi connectivity index (χ0) is 14.5. The van der Waals surface area contributed by atoms with Crippen LogP contribution in [0.2, 0.25) is 0 Å². The number of nitrogens with one attached hydrogen (secondary N) is 1. The Bertz CT molecular complexity index is 649. The molecule has 6 nitrogen and oxygen atoms in total. The first-order valence-electron chi connectivity index (χ1n) is 6.26. The van der Waals surface area contributed by atoms with Crippen molar-refractivity contribution in [3.05, 3.63) is 58.8 Å². The quantitative estimate of drug-likeness (QED) is 0.838. The van der Waals surface area contributed by atoms with Crippen LogP contribution in [0.4, 0.5) is 0 Å². The molecule has 1 amide bonds. The lowest BCUT2D eigenvalue weighted by Gasteiger charge is -2.11. The van der Waals surface area contributed by atoms with Crippen molar-refractivity contribution >= 4 is 5.91 Å². The second-order valence-electron chi connectivity index (χ2n) is 4.44. The number of hydrogen-bond donors (Lipinski definition) is 2. The van der Waals surface area contributed by atoms with Crippen LogP contribution in [0.25, 0.3) is 5.69 Å². The third-order valence-electron chi connectivity index (χ3n) is 2.86. The number of nitrogens with two attached hydrogens (primary N) is 1. The Morgan fingerprint density at radius 2 is 2.10 bits per heavy atom. The van der Waals surface area contributed by atoms with Crippen molar-refractivity contribution in [3.63, 3.8) is 0 Å². The third-order valence-corrected chi connectivity index (χ3v) is 2.86. The average Bonchev–Trinajstić information content (AvgIpc) is 2.47. The number of carbonyl (C=O) groups excluding carboxylic acids is 1. The zero-order valence-corrected chi connectivity index (χ0v) is 11.1. The van der Waals surface area contributed by atoms with E-state index < -0.39 is 0 Å². The van der Waals surface area contributed by atoms with Gasteiger partial charge in [-0.2, -0.15) is 0 Å². The predicted molar refractivity (Wildman–Crippen MR) is 75.8 cm³/mol. The molecule has 0 bridgehead atoms. The SMILES string of the molecule is CC(CN)NC(=O)c1ccc(-n2ccncc2=O)cc1. The average molecular weight is 272 g/mol. The Hall–Kier alpha value is -2.47. The minimum absolute atomic E-state index is 0.0787. The van der Waals surface area contributed by atoms with Crippen molar-refractivity contribution in [2.24, 2.45) is 5.73 Å². The number of hydrogen-bond acceptors (Lipinski definition) is 4. The fourth-order valence-corrected chi connectivity index (χ4v) is 1.70. The van der Waals surface area contributed by atoms with E-state index in [-0.39, 0.29) is 17.5 Å². The molecule has 0 aliphatic rings. The van der Waals surface area contributed by atoms with Crippen LogP contribution in [0.1, 0.15) is 17.3 Å². The number of rotatable bonds is 4. The van der Waals surface area contributed by atoms with Gasteiger partial charge < -0.3 is 11.1 Å². The normalized spacial score (nSPS) is 11.9. The summed E-state index contributed by atoms with van der Waals surface area (Å²) in [5, 5.41) is 2.77. The van der Waals surface area contributed by atoms with Crippen LogP contribution in [0, 0.1) is 0 Å². The van der Waals surface area contributed by atoms with E-state index in [0.29, 0.717) is 17.8 Å². The number of amides is 1. The Kier molecular flexibility index (Phi) is 4.27. The molecule has 0 spiro atoms. The summed E-state index contributed by atoms with van der Waals surface area (Å²) in [5.74, 6) is -0.184. The van der Waals surface area contributed by atoms with Crippen molar-refractivity contribution in [2.75, 3.05) is 6.54 Å². The summed E-state index contributed by atoms with van der Waals surface area (Å²) in [6, 6.07) is 6.68. The number of nitrogens with zero attached hydrogens (tertiary/aromatic N) is 2. The van der Waals surface area contributed by atoms with E-state index in [1.165, 1.54) is 17.0 Å². The first-order chi connectivity index (χ1) is 9.61. The lowest BCUT2D eigenvalue weighted by molar-refractivity contribution is 0.0941. The Labute approximate surface area is 116 Å². The molecule has 1 aromatic heterocycles. The summed E-state index contributed by atoms with van der Waals surface area (Å²) in [6.07, 6.45) is 4.35. The van der Waals surface area contributed by atoms with E-state index in [9.17, 15) is 9.59 Å².